The quantitative estimate of drug-likeness (QED) is 0.164. The first-order valence-electron chi connectivity index (χ1n) is 14.1. The monoisotopic (exact) mass is 724 g/mol. The highest BCUT2D eigenvalue weighted by molar-refractivity contribution is 14.1. The highest BCUT2D eigenvalue weighted by atomic mass is 127. The number of hydrogen-bond donors (Lipinski definition) is 2. The molecule has 224 valence electrons. The fourth-order valence-electron chi connectivity index (χ4n) is 8.02. The number of carbonyl (C=O) groups is 4. The van der Waals surface area contributed by atoms with Crippen LogP contribution in [0, 0.1) is 27.2 Å². The first-order valence-corrected chi connectivity index (χ1v) is 15.6. The smallest absolute Gasteiger partial charge is 0.257 e. The predicted molar refractivity (Wildman–Crippen MR) is 167 cm³/mol. The summed E-state index contributed by atoms with van der Waals surface area (Å²) in [6.07, 6.45) is 2.20. The van der Waals surface area contributed by atoms with Gasteiger partial charge in [-0.05, 0) is 82.8 Å². The number of allylic oxidation sites excluding steroid dienone is 2. The van der Waals surface area contributed by atoms with Crippen molar-refractivity contribution in [2.45, 2.75) is 24.2 Å². The van der Waals surface area contributed by atoms with Crippen molar-refractivity contribution in [3.63, 3.8) is 0 Å². The lowest BCUT2D eigenvalue weighted by molar-refractivity contribution is -0.173. The zero-order valence-corrected chi connectivity index (χ0v) is 26.2. The van der Waals surface area contributed by atoms with E-state index in [1.54, 1.807) is 36.4 Å². The Hall–Kier alpha value is -3.74. The number of carbonyl (C=O) groups excluding carboxylic acids is 4. The summed E-state index contributed by atoms with van der Waals surface area (Å²) >= 11 is 8.32. The predicted octanol–water partition coefficient (Wildman–Crippen LogP) is 5.21. The number of hydrogen-bond acceptors (Lipinski definition) is 7. The number of anilines is 1. The van der Waals surface area contributed by atoms with Crippen LogP contribution in [0.25, 0.3) is 0 Å². The summed E-state index contributed by atoms with van der Waals surface area (Å²) in [5.74, 6) is -6.09. The maximum atomic E-state index is 15.1. The lowest BCUT2D eigenvalue weighted by atomic mass is 9.49. The van der Waals surface area contributed by atoms with Gasteiger partial charge in [-0.15, -0.1) is 0 Å². The first kappa shape index (κ1) is 29.0. The molecule has 2 heterocycles. The summed E-state index contributed by atoms with van der Waals surface area (Å²) in [5.41, 5.74) is 0.849. The van der Waals surface area contributed by atoms with Gasteiger partial charge >= 0.3 is 0 Å². The molecule has 9 nitrogen and oxygen atoms in total. The average Bonchev–Trinajstić information content (AvgIpc) is 3.39. The Kier molecular flexibility index (Phi) is 6.87. The van der Waals surface area contributed by atoms with Crippen LogP contribution in [0.15, 0.2) is 78.4 Å². The highest BCUT2D eigenvalue weighted by Crippen LogP contribution is 2.64. The molecule has 2 aliphatic heterocycles. The van der Waals surface area contributed by atoms with E-state index in [1.165, 1.54) is 12.0 Å². The van der Waals surface area contributed by atoms with Gasteiger partial charge in [-0.25, -0.2) is 4.90 Å². The summed E-state index contributed by atoms with van der Waals surface area (Å²) in [6, 6.07) is 19.1. The number of nitrogens with zero attached hydrogens (tertiary/aromatic N) is 2. The van der Waals surface area contributed by atoms with Crippen molar-refractivity contribution < 1.29 is 34.2 Å². The summed E-state index contributed by atoms with van der Waals surface area (Å²) in [6.45, 7) is 0. The minimum atomic E-state index is -1.45. The molecule has 2 aliphatic carbocycles. The van der Waals surface area contributed by atoms with Gasteiger partial charge in [0.15, 0.2) is 11.5 Å². The van der Waals surface area contributed by atoms with Crippen LogP contribution >= 0.6 is 34.2 Å². The Morgan fingerprint density at radius 3 is 2.41 bits per heavy atom. The molecule has 0 spiro atoms. The van der Waals surface area contributed by atoms with E-state index in [9.17, 15) is 24.7 Å². The molecular weight excluding hydrogens is 699 g/mol. The van der Waals surface area contributed by atoms with Crippen molar-refractivity contribution in [1.29, 1.82) is 0 Å². The van der Waals surface area contributed by atoms with E-state index in [0.29, 0.717) is 25.4 Å². The van der Waals surface area contributed by atoms with Crippen LogP contribution in [-0.4, -0.2) is 46.1 Å². The molecule has 6 atom stereocenters. The summed E-state index contributed by atoms with van der Waals surface area (Å²) in [5, 5.41) is 21.7. The van der Waals surface area contributed by atoms with Gasteiger partial charge in [-0.2, -0.15) is 5.06 Å². The van der Waals surface area contributed by atoms with E-state index < -0.39 is 58.6 Å². The number of ether oxygens (including phenoxy) is 1. The van der Waals surface area contributed by atoms with Crippen LogP contribution < -0.4 is 9.64 Å². The summed E-state index contributed by atoms with van der Waals surface area (Å²) in [7, 11) is 1.43. The molecule has 0 aromatic heterocycles. The molecule has 4 amide bonds. The molecule has 0 unspecified atom stereocenters. The number of phenolic OH excluding ortho intramolecular Hbond substituents is 1. The van der Waals surface area contributed by atoms with Gasteiger partial charge in [-0.1, -0.05) is 59.6 Å². The SMILES string of the molecule is COc1cc([C@H]2C3=CC[C@@H]4C(=O)N(O)C(=O)[C@@H]4[C@@H]3C[C@H]3C(=O)N(c4cccc(Cl)c4)C(=O)[C@@]23c2ccccc2)cc(I)c1O. The number of rotatable bonds is 4. The number of methoxy groups -OCH3 is 1. The number of aromatic hydroxyl groups is 1. The van der Waals surface area contributed by atoms with Gasteiger partial charge in [0.25, 0.3) is 11.8 Å². The average molecular weight is 725 g/mol. The summed E-state index contributed by atoms with van der Waals surface area (Å²) in [4.78, 5) is 57.2. The molecule has 3 fully saturated rings. The third-order valence-electron chi connectivity index (χ3n) is 9.75. The third kappa shape index (κ3) is 3.86. The third-order valence-corrected chi connectivity index (χ3v) is 10.8. The maximum Gasteiger partial charge on any atom is 0.257 e. The number of hydroxylamine groups is 2. The van der Waals surface area contributed by atoms with Crippen molar-refractivity contribution in [2.24, 2.45) is 23.7 Å². The van der Waals surface area contributed by atoms with Crippen LogP contribution in [0.3, 0.4) is 0 Å². The first-order chi connectivity index (χ1) is 21.1. The lowest BCUT2D eigenvalue weighted by Gasteiger charge is -2.50. The second-order valence-corrected chi connectivity index (χ2v) is 13.2. The molecule has 44 heavy (non-hydrogen) atoms. The molecule has 11 heteroatoms. The van der Waals surface area contributed by atoms with Gasteiger partial charge in [0.05, 0.1) is 39.5 Å². The van der Waals surface area contributed by atoms with Crippen LogP contribution in [0.4, 0.5) is 5.69 Å². The van der Waals surface area contributed by atoms with E-state index in [-0.39, 0.29) is 29.4 Å². The molecule has 3 aromatic carbocycles. The van der Waals surface area contributed by atoms with Crippen molar-refractivity contribution in [3.8, 4) is 11.5 Å². The second kappa shape index (κ2) is 10.4. The van der Waals surface area contributed by atoms with E-state index in [4.69, 9.17) is 16.3 Å². The summed E-state index contributed by atoms with van der Waals surface area (Å²) < 4.78 is 6.00. The normalized spacial score (nSPS) is 29.4. The van der Waals surface area contributed by atoms with E-state index in [1.807, 2.05) is 59.0 Å². The number of imide groups is 2. The fraction of sp³-hybridized carbons (Fsp3) is 0.273. The number of halogens is 2. The number of benzene rings is 3. The molecule has 2 saturated heterocycles. The van der Waals surface area contributed by atoms with Gasteiger partial charge in [-0.3, -0.25) is 24.4 Å². The van der Waals surface area contributed by atoms with Crippen molar-refractivity contribution >= 4 is 63.5 Å². The maximum absolute atomic E-state index is 15.1. The minimum absolute atomic E-state index is 0.0610. The van der Waals surface area contributed by atoms with Crippen LogP contribution in [-0.2, 0) is 24.6 Å². The Bertz CT molecular complexity index is 1800. The fourth-order valence-corrected chi connectivity index (χ4v) is 8.83. The molecule has 0 bridgehead atoms. The molecule has 2 N–H and O–H groups in total. The van der Waals surface area contributed by atoms with Crippen molar-refractivity contribution in [1.82, 2.24) is 5.06 Å². The lowest BCUT2D eigenvalue weighted by Crippen LogP contribution is -2.53. The van der Waals surface area contributed by atoms with E-state index in [0.717, 1.165) is 5.57 Å². The topological polar surface area (TPSA) is 124 Å². The highest BCUT2D eigenvalue weighted by Gasteiger charge is 2.70. The van der Waals surface area contributed by atoms with Gasteiger partial charge < -0.3 is 9.84 Å². The molecule has 1 saturated carbocycles. The van der Waals surface area contributed by atoms with Crippen LogP contribution in [0.5, 0.6) is 11.5 Å². The van der Waals surface area contributed by atoms with Crippen molar-refractivity contribution in [3.05, 3.63) is 98.1 Å². The Morgan fingerprint density at radius 1 is 0.955 bits per heavy atom. The Labute approximate surface area is 271 Å². The van der Waals surface area contributed by atoms with Gasteiger partial charge in [0.2, 0.25) is 11.8 Å². The molecule has 7 rings (SSSR count). The molecule has 4 aliphatic rings. The largest absolute Gasteiger partial charge is 0.504 e. The number of fused-ring (bicyclic) bond motifs is 4. The molecule has 0 radical (unpaired) electrons. The van der Waals surface area contributed by atoms with Crippen LogP contribution in [0.1, 0.15) is 29.9 Å². The van der Waals surface area contributed by atoms with Crippen LogP contribution in [0.2, 0.25) is 5.02 Å². The molecule has 3 aromatic rings. The number of phenols is 1. The zero-order valence-electron chi connectivity index (χ0n) is 23.3. The zero-order chi connectivity index (χ0) is 31.1. The van der Waals surface area contributed by atoms with E-state index >= 15 is 4.79 Å². The second-order valence-electron chi connectivity index (χ2n) is 11.6. The Balaban J connectivity index is 1.54. The Morgan fingerprint density at radius 2 is 1.70 bits per heavy atom. The number of amides is 4. The van der Waals surface area contributed by atoms with Crippen molar-refractivity contribution in [2.75, 3.05) is 12.0 Å². The minimum Gasteiger partial charge on any atom is -0.504 e. The standard InChI is InChI=1S/C33H26ClIN2O7/c1-44-25-13-16(12-24(35)28(25)38)27-20-10-11-21-26(31(41)37(43)29(21)39)22(20)15-23-30(40)36(19-9-5-8-18(34)14-19)32(42)33(23,27)17-6-3-2-4-7-17/h2-10,12-14,21-23,26-27,38,43H,11,15H2,1H3/t21-,22+,23-,26-,27-,33+/m0/s1. The van der Waals surface area contributed by atoms with Gasteiger partial charge in [0.1, 0.15) is 0 Å². The molecular formula is C33H26ClIN2O7. The van der Waals surface area contributed by atoms with E-state index in [2.05, 4.69) is 0 Å². The van der Waals surface area contributed by atoms with Gasteiger partial charge in [0, 0.05) is 10.9 Å².